The van der Waals surface area contributed by atoms with Gasteiger partial charge in [0.25, 0.3) is 0 Å². The first-order chi connectivity index (χ1) is 21.3. The highest BCUT2D eigenvalue weighted by atomic mass is 19.3. The zero-order valence-corrected chi connectivity index (χ0v) is 25.2. The summed E-state index contributed by atoms with van der Waals surface area (Å²) in [6, 6.07) is 9.23. The van der Waals surface area contributed by atoms with Crippen molar-refractivity contribution in [3.05, 3.63) is 83.2 Å². The van der Waals surface area contributed by atoms with Crippen molar-refractivity contribution >= 4 is 0 Å². The monoisotopic (exact) mass is 638 g/mol. The van der Waals surface area contributed by atoms with Gasteiger partial charge in [-0.15, -0.1) is 0 Å². The molecule has 0 spiro atoms. The summed E-state index contributed by atoms with van der Waals surface area (Å²) in [4.78, 5) is 0. The van der Waals surface area contributed by atoms with E-state index in [1.54, 1.807) is 0 Å². The van der Waals surface area contributed by atoms with Gasteiger partial charge in [0.1, 0.15) is 17.4 Å². The second-order valence-corrected chi connectivity index (χ2v) is 12.3. The molecule has 3 aromatic carbocycles. The van der Waals surface area contributed by atoms with Gasteiger partial charge in [0, 0.05) is 25.2 Å². The molecule has 1 heterocycles. The molecular weight excluding hydrogens is 601 g/mol. The van der Waals surface area contributed by atoms with Crippen molar-refractivity contribution in [2.75, 3.05) is 6.61 Å². The first-order valence-corrected chi connectivity index (χ1v) is 15.5. The van der Waals surface area contributed by atoms with Crippen LogP contribution in [-0.2, 0) is 10.8 Å². The highest BCUT2D eigenvalue weighted by molar-refractivity contribution is 5.66. The smallest absolute Gasteiger partial charge is 0.429 e. The van der Waals surface area contributed by atoms with E-state index in [4.69, 9.17) is 9.47 Å². The average Bonchev–Trinajstić information content (AvgIpc) is 2.98. The molecule has 0 amide bonds. The van der Waals surface area contributed by atoms with E-state index in [9.17, 15) is 17.6 Å². The number of alkyl halides is 4. The summed E-state index contributed by atoms with van der Waals surface area (Å²) in [5.74, 6) is -3.48. The van der Waals surface area contributed by atoms with Crippen LogP contribution in [0.25, 0.3) is 11.1 Å². The summed E-state index contributed by atoms with van der Waals surface area (Å²) in [6.07, 6.45) is 0.653. The van der Waals surface area contributed by atoms with E-state index in [1.807, 2.05) is 0 Å². The lowest BCUT2D eigenvalue weighted by molar-refractivity contribution is -0.187. The molecule has 10 heteroatoms. The van der Waals surface area contributed by atoms with Crippen molar-refractivity contribution in [1.29, 1.82) is 0 Å². The molecule has 1 aliphatic carbocycles. The van der Waals surface area contributed by atoms with Crippen LogP contribution in [0.3, 0.4) is 0 Å². The Bertz CT molecular complexity index is 1460. The average molecular weight is 639 g/mol. The van der Waals surface area contributed by atoms with Gasteiger partial charge in [0.15, 0.2) is 11.6 Å². The predicted molar refractivity (Wildman–Crippen MR) is 156 cm³/mol. The standard InChI is InChI=1S/C35H37F7O3/c1-3-4-21-5-15-32(43-20-21)23-8-6-22(7-9-23)24-10-14-28(30(37)17-24)35(41,42)44-26-12-13-27(29(36)19-26)25-11-16-33(31(38)18-25)45-34(2,39)40/h10-14,16-19,21-23,32H,3-9,15,20H2,1-2H3. The second kappa shape index (κ2) is 13.6. The Kier molecular flexibility index (Phi) is 10.0. The van der Waals surface area contributed by atoms with E-state index < -0.39 is 46.7 Å². The second-order valence-electron chi connectivity index (χ2n) is 12.3. The van der Waals surface area contributed by atoms with E-state index in [0.717, 1.165) is 87.6 Å². The fourth-order valence-electron chi connectivity index (χ4n) is 6.62. The van der Waals surface area contributed by atoms with Gasteiger partial charge in [-0.25, -0.2) is 13.2 Å². The number of hydrogen-bond acceptors (Lipinski definition) is 3. The lowest BCUT2D eigenvalue weighted by Gasteiger charge is -2.38. The van der Waals surface area contributed by atoms with Crippen LogP contribution in [0.5, 0.6) is 11.5 Å². The maximum atomic E-state index is 15.1. The summed E-state index contributed by atoms with van der Waals surface area (Å²) in [5.41, 5.74) is -0.565. The lowest BCUT2D eigenvalue weighted by Crippen LogP contribution is -2.34. The SMILES string of the molecule is CCCC1CCC(C2CCC(c3ccc(C(F)(F)Oc4ccc(-c5ccc(OC(C)(F)F)c(F)c5)c(F)c4)c(F)c3)CC2)OC1. The summed E-state index contributed by atoms with van der Waals surface area (Å²) >= 11 is 0. The minimum absolute atomic E-state index is 0.0439. The third-order valence-corrected chi connectivity index (χ3v) is 8.90. The Morgan fingerprint density at radius 3 is 2.13 bits per heavy atom. The van der Waals surface area contributed by atoms with Crippen molar-refractivity contribution in [2.45, 2.75) is 89.5 Å². The molecular formula is C35H37F7O3. The molecule has 0 bridgehead atoms. The van der Waals surface area contributed by atoms with Crippen LogP contribution in [0.4, 0.5) is 30.7 Å². The van der Waals surface area contributed by atoms with Crippen molar-refractivity contribution < 1.29 is 44.9 Å². The van der Waals surface area contributed by atoms with Crippen molar-refractivity contribution in [3.63, 3.8) is 0 Å². The number of rotatable bonds is 10. The van der Waals surface area contributed by atoms with Crippen LogP contribution < -0.4 is 9.47 Å². The van der Waals surface area contributed by atoms with E-state index in [2.05, 4.69) is 11.7 Å². The largest absolute Gasteiger partial charge is 0.430 e. The molecule has 244 valence electrons. The number of benzene rings is 3. The third kappa shape index (κ3) is 8.12. The van der Waals surface area contributed by atoms with Gasteiger partial charge < -0.3 is 14.2 Å². The summed E-state index contributed by atoms with van der Waals surface area (Å²) in [7, 11) is 0. The minimum Gasteiger partial charge on any atom is -0.430 e. The molecule has 45 heavy (non-hydrogen) atoms. The number of hydrogen-bond donors (Lipinski definition) is 0. The molecule has 3 nitrogen and oxygen atoms in total. The fraction of sp³-hybridized carbons (Fsp3) is 0.486. The van der Waals surface area contributed by atoms with Crippen LogP contribution in [0.15, 0.2) is 54.6 Å². The quantitative estimate of drug-likeness (QED) is 0.207. The Labute approximate surface area is 258 Å². The Hall–Kier alpha value is -3.27. The Morgan fingerprint density at radius 1 is 0.778 bits per heavy atom. The molecule has 0 aromatic heterocycles. The van der Waals surface area contributed by atoms with Crippen LogP contribution >= 0.6 is 0 Å². The van der Waals surface area contributed by atoms with E-state index >= 15 is 13.2 Å². The third-order valence-electron chi connectivity index (χ3n) is 8.90. The van der Waals surface area contributed by atoms with Gasteiger partial charge in [-0.3, -0.25) is 0 Å². The van der Waals surface area contributed by atoms with Gasteiger partial charge in [0.05, 0.1) is 11.7 Å². The topological polar surface area (TPSA) is 27.7 Å². The van der Waals surface area contributed by atoms with Gasteiger partial charge in [-0.05, 0) is 110 Å². The van der Waals surface area contributed by atoms with Crippen molar-refractivity contribution in [3.8, 4) is 22.6 Å². The van der Waals surface area contributed by atoms with Gasteiger partial charge in [-0.1, -0.05) is 25.5 Å². The first kappa shape index (κ1) is 33.1. The molecule has 3 aromatic rings. The Balaban J connectivity index is 1.21. The van der Waals surface area contributed by atoms with Crippen LogP contribution in [0.2, 0.25) is 0 Å². The van der Waals surface area contributed by atoms with E-state index in [1.165, 1.54) is 18.9 Å². The highest BCUT2D eigenvalue weighted by Crippen LogP contribution is 2.42. The maximum absolute atomic E-state index is 15.1. The molecule has 1 saturated heterocycles. The predicted octanol–water partition coefficient (Wildman–Crippen LogP) is 10.8. The van der Waals surface area contributed by atoms with Crippen molar-refractivity contribution in [1.82, 2.24) is 0 Å². The molecule has 0 radical (unpaired) electrons. The molecule has 2 unspecified atom stereocenters. The van der Waals surface area contributed by atoms with E-state index in [0.29, 0.717) is 30.4 Å². The highest BCUT2D eigenvalue weighted by Gasteiger charge is 2.39. The Morgan fingerprint density at radius 2 is 1.53 bits per heavy atom. The first-order valence-electron chi connectivity index (χ1n) is 15.5. The lowest BCUT2D eigenvalue weighted by atomic mass is 9.75. The summed E-state index contributed by atoms with van der Waals surface area (Å²) in [5, 5.41) is 0. The maximum Gasteiger partial charge on any atom is 0.429 e. The normalized spacial score (nSPS) is 22.7. The molecule has 2 aliphatic rings. The van der Waals surface area contributed by atoms with Gasteiger partial charge >= 0.3 is 12.2 Å². The summed E-state index contributed by atoms with van der Waals surface area (Å²) in [6.45, 7) is 3.44. The zero-order chi connectivity index (χ0) is 32.4. The molecule has 1 aliphatic heterocycles. The van der Waals surface area contributed by atoms with Crippen molar-refractivity contribution in [2.24, 2.45) is 11.8 Å². The molecule has 0 N–H and O–H groups in total. The van der Waals surface area contributed by atoms with Crippen LogP contribution in [-0.4, -0.2) is 18.8 Å². The van der Waals surface area contributed by atoms with Gasteiger partial charge in [-0.2, -0.15) is 17.6 Å². The van der Waals surface area contributed by atoms with E-state index in [-0.39, 0.29) is 23.1 Å². The summed E-state index contributed by atoms with van der Waals surface area (Å²) < 4.78 is 116. The zero-order valence-electron chi connectivity index (χ0n) is 25.2. The van der Waals surface area contributed by atoms with Crippen LogP contribution in [0.1, 0.15) is 82.3 Å². The minimum atomic E-state index is -4.11. The molecule has 1 saturated carbocycles. The molecule has 2 atom stereocenters. The van der Waals surface area contributed by atoms with Crippen LogP contribution in [0, 0.1) is 29.3 Å². The number of ether oxygens (including phenoxy) is 3. The molecule has 5 rings (SSSR count). The fourth-order valence-corrected chi connectivity index (χ4v) is 6.62. The number of halogens is 7. The molecule has 2 fully saturated rings. The van der Waals surface area contributed by atoms with Gasteiger partial charge in [0.2, 0.25) is 0 Å².